The van der Waals surface area contributed by atoms with Crippen LogP contribution in [0.2, 0.25) is 0 Å². The van der Waals surface area contributed by atoms with Gasteiger partial charge in [-0.05, 0) is 137 Å². The maximum Gasteiger partial charge on any atom is 0.264 e. The molecule has 0 bridgehead atoms. The quantitative estimate of drug-likeness (QED) is 0.0990. The van der Waals surface area contributed by atoms with Crippen molar-refractivity contribution in [2.24, 2.45) is 5.92 Å². The number of allylic oxidation sites excluding steroid dienone is 1. The maximum absolute atomic E-state index is 10.6. The molecule has 12 heteroatoms. The Bertz CT molecular complexity index is 1560. The molecule has 0 radical (unpaired) electrons. The Morgan fingerprint density at radius 1 is 0.839 bits per heavy atom. The minimum absolute atomic E-state index is 0.0844. The summed E-state index contributed by atoms with van der Waals surface area (Å²) >= 11 is 0. The summed E-state index contributed by atoms with van der Waals surface area (Å²) in [6, 6.07) is 15.9. The summed E-state index contributed by atoms with van der Waals surface area (Å²) in [5.74, 6) is 1.49. The zero-order valence-corrected chi connectivity index (χ0v) is 37.8. The van der Waals surface area contributed by atoms with Crippen LogP contribution in [0.25, 0.3) is 5.57 Å². The zero-order valence-electron chi connectivity index (χ0n) is 37.0. The number of aliphatic hydroxyl groups excluding tert-OH is 2. The summed E-state index contributed by atoms with van der Waals surface area (Å²) in [5.41, 5.74) is 4.26. The van der Waals surface area contributed by atoms with Gasteiger partial charge in [-0.2, -0.15) is 8.42 Å². The van der Waals surface area contributed by atoms with Crippen LogP contribution >= 0.6 is 0 Å². The number of nitrogens with zero attached hydrogens (tertiary/aromatic N) is 1. The van der Waals surface area contributed by atoms with Gasteiger partial charge in [-0.25, -0.2) is 0 Å². The number of hydrogen-bond donors (Lipinski definition) is 3. The van der Waals surface area contributed by atoms with Gasteiger partial charge < -0.3 is 29.7 Å². The first-order chi connectivity index (χ1) is 25.6. The van der Waals surface area contributed by atoms with Gasteiger partial charge in [0.15, 0.2) is 0 Å². The highest BCUT2D eigenvalue weighted by Gasteiger charge is 2.29. The molecule has 11 nitrogen and oxygen atoms in total. The number of hydrogen-bond acceptors (Lipinski definition) is 10. The molecule has 3 rings (SSSR count). The fourth-order valence-corrected chi connectivity index (χ4v) is 5.52. The molecule has 0 aromatic heterocycles. The topological polar surface area (TPSA) is 144 Å². The van der Waals surface area contributed by atoms with Crippen molar-refractivity contribution in [3.05, 3.63) is 77.9 Å². The van der Waals surface area contributed by atoms with E-state index in [-0.39, 0.29) is 43.3 Å². The van der Waals surface area contributed by atoms with Gasteiger partial charge in [0.1, 0.15) is 24.2 Å². The number of rotatable bonds is 14. The van der Waals surface area contributed by atoms with Crippen LogP contribution < -0.4 is 14.8 Å². The molecule has 3 N–H and O–H groups in total. The van der Waals surface area contributed by atoms with Gasteiger partial charge in [-0.1, -0.05) is 43.3 Å². The highest BCUT2D eigenvalue weighted by molar-refractivity contribution is 7.86. The van der Waals surface area contributed by atoms with E-state index in [1.54, 1.807) is 20.8 Å². The Kier molecular flexibility index (Phi) is 23.1. The lowest BCUT2D eigenvalue weighted by Crippen LogP contribution is -2.39. The van der Waals surface area contributed by atoms with Gasteiger partial charge in [0.25, 0.3) is 10.1 Å². The fourth-order valence-electron chi connectivity index (χ4n) is 4.61. The van der Waals surface area contributed by atoms with E-state index in [9.17, 15) is 18.3 Å². The van der Waals surface area contributed by atoms with Gasteiger partial charge in [0, 0.05) is 36.7 Å². The van der Waals surface area contributed by atoms with Crippen LogP contribution in [-0.2, 0) is 23.8 Å². The highest BCUT2D eigenvalue weighted by atomic mass is 32.2. The molecule has 2 atom stereocenters. The van der Waals surface area contributed by atoms with E-state index in [0.717, 1.165) is 28.7 Å². The molecular weight excluding hydrogens is 733 g/mol. The van der Waals surface area contributed by atoms with Crippen molar-refractivity contribution in [3.63, 3.8) is 0 Å². The molecule has 1 saturated heterocycles. The molecule has 1 fully saturated rings. The Labute approximate surface area is 339 Å². The van der Waals surface area contributed by atoms with Crippen LogP contribution in [0.3, 0.4) is 0 Å². The molecule has 320 valence electrons. The van der Waals surface area contributed by atoms with Crippen molar-refractivity contribution >= 4 is 21.6 Å². The smallest absolute Gasteiger partial charge is 0.264 e. The maximum atomic E-state index is 10.6. The summed E-state index contributed by atoms with van der Waals surface area (Å²) in [6.45, 7) is 34.6. The molecule has 0 spiro atoms. The minimum atomic E-state index is -3.28. The van der Waals surface area contributed by atoms with E-state index in [1.807, 2.05) is 77.9 Å². The van der Waals surface area contributed by atoms with Crippen molar-refractivity contribution in [3.8, 4) is 11.5 Å². The van der Waals surface area contributed by atoms with Crippen LogP contribution in [0, 0.1) is 5.92 Å². The second-order valence-electron chi connectivity index (χ2n) is 17.4. The molecule has 56 heavy (non-hydrogen) atoms. The van der Waals surface area contributed by atoms with Gasteiger partial charge in [-0.3, -0.25) is 13.9 Å². The van der Waals surface area contributed by atoms with E-state index in [0.29, 0.717) is 17.9 Å². The molecule has 1 amide bonds. The van der Waals surface area contributed by atoms with Gasteiger partial charge in [0.05, 0.1) is 31.2 Å². The van der Waals surface area contributed by atoms with Gasteiger partial charge in [-0.15, -0.1) is 0 Å². The molecule has 1 aliphatic rings. The number of carbonyl (C=O) groups is 1. The third-order valence-electron chi connectivity index (χ3n) is 7.18. The second-order valence-corrected chi connectivity index (χ2v) is 18.9. The summed E-state index contributed by atoms with van der Waals surface area (Å²) in [6.07, 6.45) is 1.74. The lowest BCUT2D eigenvalue weighted by atomic mass is 9.94. The zero-order chi connectivity index (χ0) is 43.5. The van der Waals surface area contributed by atoms with Crippen LogP contribution in [0.15, 0.2) is 66.8 Å². The van der Waals surface area contributed by atoms with E-state index < -0.39 is 21.8 Å². The number of benzene rings is 2. The molecular formula is C44H74N2O9S. The number of ether oxygens (including phenoxy) is 3. The van der Waals surface area contributed by atoms with Crippen molar-refractivity contribution in [2.75, 3.05) is 45.8 Å². The molecule has 1 aliphatic heterocycles. The number of nitrogens with one attached hydrogen (secondary N) is 1. The molecule has 2 aromatic carbocycles. The lowest BCUT2D eigenvalue weighted by molar-refractivity contribution is -0.117. The number of amides is 1. The molecule has 0 saturated carbocycles. The summed E-state index contributed by atoms with van der Waals surface area (Å²) in [4.78, 5) is 13.0. The normalized spacial score (nSPS) is 14.0. The van der Waals surface area contributed by atoms with E-state index >= 15 is 0 Å². The highest BCUT2D eigenvalue weighted by Crippen LogP contribution is 2.30. The standard InChI is InChI=1S/C26H36O5.C7H13NO.C6H13N.C5H12O3S/c1-18(2)26(21-6-10-24(11-7-21)30-15-20(5)14-27)22-8-12-25(13-9-22)31-17-23(28)16-29-19(3)4;1-5-6(9)8-7(2,3)4;1-6(2,3)7-4-5-7;1-5(2,3)8-9(4,6)7/h6-13,19-20,23,27-28H,14-17H2,1-5H3;5H,1H2,2-4H3,(H,8,9);4-5H2,1-3H3;1-4H3. The van der Waals surface area contributed by atoms with Crippen molar-refractivity contribution < 1.29 is 41.8 Å². The van der Waals surface area contributed by atoms with Gasteiger partial charge >= 0.3 is 0 Å². The second kappa shape index (κ2) is 24.5. The summed E-state index contributed by atoms with van der Waals surface area (Å²) in [7, 11) is -3.28. The summed E-state index contributed by atoms with van der Waals surface area (Å²) in [5, 5.41) is 21.8. The molecule has 1 heterocycles. The average Bonchev–Trinajstić information content (AvgIpc) is 3.91. The Morgan fingerprint density at radius 3 is 1.54 bits per heavy atom. The van der Waals surface area contributed by atoms with Crippen molar-refractivity contribution in [1.29, 1.82) is 0 Å². The predicted molar refractivity (Wildman–Crippen MR) is 230 cm³/mol. The summed E-state index contributed by atoms with van der Waals surface area (Å²) < 4.78 is 42.3. The largest absolute Gasteiger partial charge is 0.493 e. The van der Waals surface area contributed by atoms with Crippen molar-refractivity contribution in [1.82, 2.24) is 10.2 Å². The Balaban J connectivity index is 0.000000970. The minimum Gasteiger partial charge on any atom is -0.493 e. The number of aliphatic hydroxyl groups is 2. The molecule has 2 aromatic rings. The van der Waals surface area contributed by atoms with E-state index in [4.69, 9.17) is 19.3 Å². The first kappa shape index (κ1) is 52.7. The SMILES string of the molecule is C=CC(=O)NC(C)(C)C.CC(C)(C)N1CC1.CC(C)(C)OS(C)(=O)=O.CC(C)=C(c1ccc(OCC(C)CO)cc1)c1ccc(OCC(O)COC(C)C)cc1. The third kappa shape index (κ3) is 27.4. The van der Waals surface area contributed by atoms with Crippen LogP contribution in [-0.4, -0.2) is 104 Å². The van der Waals surface area contributed by atoms with Crippen molar-refractivity contribution in [2.45, 2.75) is 126 Å². The van der Waals surface area contributed by atoms with Crippen LogP contribution in [0.4, 0.5) is 0 Å². The molecule has 2 unspecified atom stereocenters. The first-order valence-electron chi connectivity index (χ1n) is 19.2. The monoisotopic (exact) mass is 807 g/mol. The number of carbonyl (C=O) groups excluding carboxylic acids is 1. The Hall–Kier alpha value is -3.26. The van der Waals surface area contributed by atoms with Crippen LogP contribution in [0.5, 0.6) is 11.5 Å². The average molecular weight is 807 g/mol. The van der Waals surface area contributed by atoms with Crippen LogP contribution in [0.1, 0.15) is 108 Å². The Morgan fingerprint density at radius 2 is 1.29 bits per heavy atom. The third-order valence-corrected chi connectivity index (χ3v) is 7.98. The first-order valence-corrected chi connectivity index (χ1v) is 21.0. The lowest BCUT2D eigenvalue weighted by Gasteiger charge is -2.18. The molecule has 0 aliphatic carbocycles. The predicted octanol–water partition coefficient (Wildman–Crippen LogP) is 7.65. The fraction of sp³-hybridized carbons (Fsp3) is 0.614. The van der Waals surface area contributed by atoms with E-state index in [1.165, 1.54) is 24.7 Å². The van der Waals surface area contributed by atoms with Gasteiger partial charge in [0.2, 0.25) is 5.91 Å². The van der Waals surface area contributed by atoms with E-state index in [2.05, 4.69) is 67.7 Å².